The molecule has 2 aliphatic rings. The highest BCUT2D eigenvalue weighted by atomic mass is 16.3. The van der Waals surface area contributed by atoms with Crippen LogP contribution in [0.2, 0.25) is 0 Å². The van der Waals surface area contributed by atoms with Gasteiger partial charge in [0.15, 0.2) is 5.82 Å². The second kappa shape index (κ2) is 3.80. The highest BCUT2D eigenvalue weighted by Crippen LogP contribution is 2.69. The van der Waals surface area contributed by atoms with Gasteiger partial charge in [0.25, 0.3) is 0 Å². The number of nitrogens with zero attached hydrogens (tertiary/aromatic N) is 3. The lowest BCUT2D eigenvalue weighted by Crippen LogP contribution is -2.16. The summed E-state index contributed by atoms with van der Waals surface area (Å²) in [5.41, 5.74) is 0.548. The van der Waals surface area contributed by atoms with Gasteiger partial charge in [0, 0.05) is 11.3 Å². The fourth-order valence-corrected chi connectivity index (χ4v) is 3.09. The van der Waals surface area contributed by atoms with Crippen molar-refractivity contribution in [3.05, 3.63) is 11.6 Å². The standard InChI is InChI=1S/C14H23N3O/c1-13(2,3)12-15-11(17(16-12)7-8-18)10-9-14(10)5-4-6-14/h10,18H,4-9H2,1-3H3/t10-/m0/s1. The minimum absolute atomic E-state index is 0.0167. The van der Waals surface area contributed by atoms with Crippen LogP contribution in [0.5, 0.6) is 0 Å². The number of aliphatic hydroxyl groups is 1. The molecule has 2 aliphatic carbocycles. The average molecular weight is 249 g/mol. The Kier molecular flexibility index (Phi) is 2.56. The third kappa shape index (κ3) is 1.78. The summed E-state index contributed by atoms with van der Waals surface area (Å²) in [6.45, 7) is 7.13. The molecule has 1 heterocycles. The topological polar surface area (TPSA) is 50.9 Å². The average Bonchev–Trinajstić information content (AvgIpc) is 2.85. The van der Waals surface area contributed by atoms with Crippen LogP contribution in [-0.4, -0.2) is 26.5 Å². The molecule has 100 valence electrons. The zero-order valence-corrected chi connectivity index (χ0v) is 11.6. The Morgan fingerprint density at radius 1 is 1.39 bits per heavy atom. The minimum Gasteiger partial charge on any atom is -0.394 e. The zero-order chi connectivity index (χ0) is 13.0. The lowest BCUT2D eigenvalue weighted by molar-refractivity contribution is 0.256. The summed E-state index contributed by atoms with van der Waals surface area (Å²) in [7, 11) is 0. The van der Waals surface area contributed by atoms with Gasteiger partial charge in [-0.25, -0.2) is 9.67 Å². The number of rotatable bonds is 3. The number of aliphatic hydroxyl groups excluding tert-OH is 1. The van der Waals surface area contributed by atoms with Crippen molar-refractivity contribution in [1.82, 2.24) is 14.8 Å². The van der Waals surface area contributed by atoms with Gasteiger partial charge >= 0.3 is 0 Å². The molecule has 4 nitrogen and oxygen atoms in total. The van der Waals surface area contributed by atoms with E-state index in [0.717, 1.165) is 11.6 Å². The molecule has 0 radical (unpaired) electrons. The van der Waals surface area contributed by atoms with Crippen molar-refractivity contribution in [3.8, 4) is 0 Å². The Labute approximate surface area is 108 Å². The van der Waals surface area contributed by atoms with E-state index in [1.807, 2.05) is 4.68 Å². The van der Waals surface area contributed by atoms with E-state index in [1.165, 1.54) is 25.7 Å². The number of aromatic nitrogens is 3. The van der Waals surface area contributed by atoms with Crippen molar-refractivity contribution >= 4 is 0 Å². The first-order valence-corrected chi connectivity index (χ1v) is 7.02. The summed E-state index contributed by atoms with van der Waals surface area (Å²) in [6.07, 6.45) is 5.36. The molecule has 0 bridgehead atoms. The second-order valence-electron chi connectivity index (χ2n) is 6.96. The highest BCUT2D eigenvalue weighted by Gasteiger charge is 2.60. The first kappa shape index (κ1) is 12.2. The third-order valence-electron chi connectivity index (χ3n) is 4.53. The van der Waals surface area contributed by atoms with Gasteiger partial charge in [-0.3, -0.25) is 0 Å². The molecule has 0 amide bonds. The molecule has 0 unspecified atom stereocenters. The molecule has 1 spiro atoms. The van der Waals surface area contributed by atoms with E-state index in [1.54, 1.807) is 0 Å². The summed E-state index contributed by atoms with van der Waals surface area (Å²) in [5, 5.41) is 13.8. The quantitative estimate of drug-likeness (QED) is 0.893. The summed E-state index contributed by atoms with van der Waals surface area (Å²) in [4.78, 5) is 4.78. The van der Waals surface area contributed by atoms with Gasteiger partial charge in [0.1, 0.15) is 5.82 Å². The van der Waals surface area contributed by atoms with Crippen LogP contribution in [0, 0.1) is 5.41 Å². The first-order chi connectivity index (χ1) is 8.46. The smallest absolute Gasteiger partial charge is 0.156 e. The van der Waals surface area contributed by atoms with Gasteiger partial charge in [-0.2, -0.15) is 5.10 Å². The van der Waals surface area contributed by atoms with Crippen LogP contribution in [0.3, 0.4) is 0 Å². The third-order valence-corrected chi connectivity index (χ3v) is 4.53. The molecule has 0 aliphatic heterocycles. The van der Waals surface area contributed by atoms with Gasteiger partial charge in [-0.1, -0.05) is 27.2 Å². The van der Waals surface area contributed by atoms with Crippen LogP contribution in [0.1, 0.15) is 64.0 Å². The molecule has 1 N–H and O–H groups in total. The molecule has 2 saturated carbocycles. The molecule has 1 aromatic rings. The van der Waals surface area contributed by atoms with Crippen molar-refractivity contribution in [1.29, 1.82) is 0 Å². The predicted octanol–water partition coefficient (Wildman–Crippen LogP) is 2.23. The van der Waals surface area contributed by atoms with Gasteiger partial charge in [0.05, 0.1) is 13.2 Å². The van der Waals surface area contributed by atoms with Gasteiger partial charge in [-0.05, 0) is 24.7 Å². The Bertz CT molecular complexity index is 454. The monoisotopic (exact) mass is 249 g/mol. The van der Waals surface area contributed by atoms with Gasteiger partial charge < -0.3 is 5.11 Å². The van der Waals surface area contributed by atoms with E-state index in [0.29, 0.717) is 17.9 Å². The van der Waals surface area contributed by atoms with E-state index in [2.05, 4.69) is 25.9 Å². The number of hydrogen-bond donors (Lipinski definition) is 1. The molecule has 2 fully saturated rings. The van der Waals surface area contributed by atoms with Crippen LogP contribution in [0.25, 0.3) is 0 Å². The normalized spacial score (nSPS) is 25.2. The van der Waals surface area contributed by atoms with Crippen LogP contribution < -0.4 is 0 Å². The Morgan fingerprint density at radius 2 is 2.11 bits per heavy atom. The van der Waals surface area contributed by atoms with Gasteiger partial charge in [-0.15, -0.1) is 0 Å². The van der Waals surface area contributed by atoms with E-state index in [4.69, 9.17) is 4.98 Å². The largest absolute Gasteiger partial charge is 0.394 e. The second-order valence-corrected chi connectivity index (χ2v) is 6.96. The Morgan fingerprint density at radius 3 is 2.56 bits per heavy atom. The maximum Gasteiger partial charge on any atom is 0.156 e. The van der Waals surface area contributed by atoms with Crippen LogP contribution >= 0.6 is 0 Å². The van der Waals surface area contributed by atoms with Crippen LogP contribution in [-0.2, 0) is 12.0 Å². The van der Waals surface area contributed by atoms with E-state index >= 15 is 0 Å². The molecule has 18 heavy (non-hydrogen) atoms. The maximum absolute atomic E-state index is 9.17. The first-order valence-electron chi connectivity index (χ1n) is 7.02. The lowest BCUT2D eigenvalue weighted by atomic mass is 9.79. The molecule has 1 atom stereocenters. The van der Waals surface area contributed by atoms with E-state index in [9.17, 15) is 5.11 Å². The molecule has 1 aromatic heterocycles. The van der Waals surface area contributed by atoms with Crippen molar-refractivity contribution in [3.63, 3.8) is 0 Å². The molecule has 0 saturated heterocycles. The van der Waals surface area contributed by atoms with E-state index < -0.39 is 0 Å². The molecular weight excluding hydrogens is 226 g/mol. The number of hydrogen-bond acceptors (Lipinski definition) is 3. The highest BCUT2D eigenvalue weighted by molar-refractivity contribution is 5.23. The van der Waals surface area contributed by atoms with Crippen LogP contribution in [0.15, 0.2) is 0 Å². The Hall–Kier alpha value is -0.900. The molecule has 0 aromatic carbocycles. The Balaban J connectivity index is 1.90. The molecule has 3 rings (SSSR count). The van der Waals surface area contributed by atoms with Crippen molar-refractivity contribution in [2.45, 2.75) is 64.3 Å². The fraction of sp³-hybridized carbons (Fsp3) is 0.857. The summed E-state index contributed by atoms with van der Waals surface area (Å²) >= 11 is 0. The SMILES string of the molecule is CC(C)(C)c1nc([C@@H]2CC23CCC3)n(CCO)n1. The zero-order valence-electron chi connectivity index (χ0n) is 11.6. The van der Waals surface area contributed by atoms with Crippen molar-refractivity contribution < 1.29 is 5.11 Å². The molecular formula is C14H23N3O. The fourth-order valence-electron chi connectivity index (χ4n) is 3.09. The predicted molar refractivity (Wildman–Crippen MR) is 69.4 cm³/mol. The van der Waals surface area contributed by atoms with Crippen molar-refractivity contribution in [2.75, 3.05) is 6.61 Å². The summed E-state index contributed by atoms with van der Waals surface area (Å²) in [5.74, 6) is 2.63. The minimum atomic E-state index is -0.0167. The van der Waals surface area contributed by atoms with Crippen molar-refractivity contribution in [2.24, 2.45) is 5.41 Å². The van der Waals surface area contributed by atoms with Gasteiger partial charge in [0.2, 0.25) is 0 Å². The van der Waals surface area contributed by atoms with Crippen LogP contribution in [0.4, 0.5) is 0 Å². The molecule has 4 heteroatoms. The lowest BCUT2D eigenvalue weighted by Gasteiger charge is -2.26. The summed E-state index contributed by atoms with van der Waals surface area (Å²) in [6, 6.07) is 0. The maximum atomic E-state index is 9.17. The van der Waals surface area contributed by atoms with E-state index in [-0.39, 0.29) is 12.0 Å². The summed E-state index contributed by atoms with van der Waals surface area (Å²) < 4.78 is 1.94.